The topological polar surface area (TPSA) is 280 Å². The number of hydrogen-bond acceptors (Lipinski definition) is 16. The van der Waals surface area contributed by atoms with Crippen molar-refractivity contribution in [2.24, 2.45) is 45.3 Å². The summed E-state index contributed by atoms with van der Waals surface area (Å²) >= 11 is 0. The van der Waals surface area contributed by atoms with Crippen molar-refractivity contribution in [3.8, 4) is 0 Å². The monoisotopic (exact) mass is 834 g/mol. The van der Waals surface area contributed by atoms with Gasteiger partial charge in [-0.05, 0) is 117 Å². The van der Waals surface area contributed by atoms with Gasteiger partial charge < -0.3 is 80.2 Å². The predicted octanol–water partition coefficient (Wildman–Crippen LogP) is -0.715. The van der Waals surface area contributed by atoms with Crippen LogP contribution in [0.3, 0.4) is 0 Å². The van der Waals surface area contributed by atoms with Gasteiger partial charge in [0.05, 0.1) is 48.8 Å². The highest BCUT2D eigenvalue weighted by Crippen LogP contribution is 2.76. The van der Waals surface area contributed by atoms with E-state index in [1.165, 1.54) is 13.8 Å². The molecule has 4 aliphatic carbocycles. The molecule has 0 radical (unpaired) electrons. The highest BCUT2D eigenvalue weighted by Gasteiger charge is 2.74. The Morgan fingerprint density at radius 2 is 1.28 bits per heavy atom. The van der Waals surface area contributed by atoms with Gasteiger partial charge in [0.1, 0.15) is 48.8 Å². The van der Waals surface area contributed by atoms with Crippen LogP contribution >= 0.6 is 0 Å². The van der Waals surface area contributed by atoms with Crippen LogP contribution in [0.1, 0.15) is 107 Å². The zero-order chi connectivity index (χ0) is 43.3. The van der Waals surface area contributed by atoms with Gasteiger partial charge in [-0.1, -0.05) is 34.6 Å². The summed E-state index contributed by atoms with van der Waals surface area (Å²) in [5, 5.41) is 131. The molecule has 6 aliphatic rings. The van der Waals surface area contributed by atoms with Crippen molar-refractivity contribution in [2.75, 3.05) is 13.2 Å². The highest BCUT2D eigenvalue weighted by atomic mass is 16.7. The molecule has 0 aromatic rings. The minimum absolute atomic E-state index is 0.0690. The second-order valence-corrected chi connectivity index (χ2v) is 21.1. The van der Waals surface area contributed by atoms with Crippen molar-refractivity contribution in [3.05, 3.63) is 0 Å². The molecule has 0 aromatic carbocycles. The molecule has 0 amide bonds. The van der Waals surface area contributed by atoms with Crippen molar-refractivity contribution < 1.29 is 80.2 Å². The van der Waals surface area contributed by atoms with E-state index in [1.807, 2.05) is 20.8 Å². The molecule has 22 atom stereocenters. The van der Waals surface area contributed by atoms with Crippen molar-refractivity contribution in [1.29, 1.82) is 0 Å². The normalized spacial score (nSPS) is 52.2. The molecule has 16 heteroatoms. The molecular weight excluding hydrogens is 760 g/mol. The van der Waals surface area contributed by atoms with E-state index in [2.05, 4.69) is 20.8 Å². The number of fused-ring (bicyclic) bond motifs is 5. The lowest BCUT2D eigenvalue weighted by molar-refractivity contribution is -0.350. The van der Waals surface area contributed by atoms with E-state index in [4.69, 9.17) is 18.9 Å². The van der Waals surface area contributed by atoms with Crippen LogP contribution in [-0.4, -0.2) is 172 Å². The third-order valence-electron chi connectivity index (χ3n) is 17.1. The summed E-state index contributed by atoms with van der Waals surface area (Å²) in [5.74, 6) is -1.23. The Morgan fingerprint density at radius 3 is 1.83 bits per heavy atom. The molecule has 58 heavy (non-hydrogen) atoms. The molecule has 16 nitrogen and oxygen atoms in total. The van der Waals surface area contributed by atoms with Crippen molar-refractivity contribution in [2.45, 2.75) is 204 Å². The molecule has 2 unspecified atom stereocenters. The van der Waals surface area contributed by atoms with Crippen LogP contribution in [-0.2, 0) is 18.9 Å². The fourth-order valence-electron chi connectivity index (χ4n) is 13.6. The van der Waals surface area contributed by atoms with E-state index in [1.54, 1.807) is 0 Å². The quantitative estimate of drug-likeness (QED) is 0.115. The molecule has 338 valence electrons. The first-order valence-corrected chi connectivity index (χ1v) is 21.4. The summed E-state index contributed by atoms with van der Waals surface area (Å²) in [4.78, 5) is 0. The van der Waals surface area contributed by atoms with Crippen molar-refractivity contribution >= 4 is 0 Å². The number of hydrogen-bond donors (Lipinski definition) is 12. The van der Waals surface area contributed by atoms with E-state index in [-0.39, 0.29) is 24.7 Å². The van der Waals surface area contributed by atoms with Crippen LogP contribution in [0.4, 0.5) is 0 Å². The lowest BCUT2D eigenvalue weighted by Gasteiger charge is -2.72. The predicted molar refractivity (Wildman–Crippen MR) is 205 cm³/mol. The maximum atomic E-state index is 12.6. The summed E-state index contributed by atoms with van der Waals surface area (Å²) in [7, 11) is 0. The maximum absolute atomic E-state index is 12.6. The summed E-state index contributed by atoms with van der Waals surface area (Å²) in [6, 6.07) is 0. The molecule has 2 saturated heterocycles. The van der Waals surface area contributed by atoms with E-state index in [9.17, 15) is 61.3 Å². The van der Waals surface area contributed by atoms with Crippen LogP contribution in [0.15, 0.2) is 0 Å². The Labute approximate surface area is 342 Å². The third-order valence-corrected chi connectivity index (χ3v) is 17.1. The second kappa shape index (κ2) is 16.2. The number of rotatable bonds is 11. The first-order valence-electron chi connectivity index (χ1n) is 21.4. The Bertz CT molecular complexity index is 1430. The van der Waals surface area contributed by atoms with Gasteiger partial charge >= 0.3 is 0 Å². The molecule has 6 fully saturated rings. The van der Waals surface area contributed by atoms with E-state index >= 15 is 0 Å². The number of ether oxygens (including phenoxy) is 4. The lowest BCUT2D eigenvalue weighted by atomic mass is 9.34. The molecular formula is C42H74O16. The van der Waals surface area contributed by atoms with Gasteiger partial charge in [-0.15, -0.1) is 0 Å². The van der Waals surface area contributed by atoms with Gasteiger partial charge in [0, 0.05) is 0 Å². The van der Waals surface area contributed by atoms with Gasteiger partial charge in [0.25, 0.3) is 0 Å². The van der Waals surface area contributed by atoms with Gasteiger partial charge in [0.15, 0.2) is 12.6 Å². The first kappa shape index (κ1) is 46.9. The summed E-state index contributed by atoms with van der Waals surface area (Å²) in [6.45, 7) is 14.1. The molecule has 0 aromatic heterocycles. The van der Waals surface area contributed by atoms with E-state index in [0.717, 1.165) is 0 Å². The SMILES string of the molecule is CC(C)(O)C(O)CC[C@](C)(O[C@@H]1O[C@H](CO)[C@@H](O)[C@H](O)[C@H]1O)[C@H]1CC[C@]2(C)[C@@H]1[C@H](O)C[C@@H]1[C@@]3(C)CC[C@H](O)C(C)(C)C3[C@@H](O[C@@H]3O[C@H](CO)[C@@H](O)[C@H](O)[C@H]3O)C[C@]12C. The van der Waals surface area contributed by atoms with Gasteiger partial charge in [0.2, 0.25) is 0 Å². The largest absolute Gasteiger partial charge is 0.394 e. The van der Waals surface area contributed by atoms with Gasteiger partial charge in [-0.25, -0.2) is 0 Å². The number of aliphatic hydroxyl groups is 12. The Kier molecular flexibility index (Phi) is 13.1. The van der Waals surface area contributed by atoms with Crippen LogP contribution in [0.5, 0.6) is 0 Å². The van der Waals surface area contributed by atoms with Gasteiger partial charge in [-0.3, -0.25) is 0 Å². The molecule has 6 rings (SSSR count). The van der Waals surface area contributed by atoms with Gasteiger partial charge in [-0.2, -0.15) is 0 Å². The maximum Gasteiger partial charge on any atom is 0.187 e. The second-order valence-electron chi connectivity index (χ2n) is 21.1. The lowest BCUT2D eigenvalue weighted by Crippen LogP contribution is -2.71. The zero-order valence-corrected chi connectivity index (χ0v) is 35.5. The standard InChI is InChI=1S/C42H74O16/c1-37(2)25(46)10-12-39(5)24-15-20(45)27-19(42(8,14-11-26(47)38(3,4)54)58-36-33(53)31(51)29(49)23(18-44)57-36)9-13-40(27,6)41(24,7)16-21(34(37)39)55-35-32(52)30(50)28(48)22(17-43)56-35/h19-36,43-54H,9-18H2,1-8H3/t19-,20+,21-,22+,23+,24+,25-,26?,27-,28+,29+,30-,31-,32+,33+,34?,35+,36-,39+,40+,41+,42-/m0/s1. The van der Waals surface area contributed by atoms with Crippen LogP contribution in [0, 0.1) is 45.3 Å². The fraction of sp³-hybridized carbons (Fsp3) is 1.00. The Balaban J connectivity index is 1.40. The summed E-state index contributed by atoms with van der Waals surface area (Å²) < 4.78 is 25.2. The van der Waals surface area contributed by atoms with Crippen LogP contribution < -0.4 is 0 Å². The molecule has 12 N–H and O–H groups in total. The van der Waals surface area contributed by atoms with Crippen molar-refractivity contribution in [1.82, 2.24) is 0 Å². The highest BCUT2D eigenvalue weighted by molar-refractivity contribution is 5.22. The molecule has 2 heterocycles. The average Bonchev–Trinajstić information content (AvgIpc) is 3.54. The molecule has 4 saturated carbocycles. The van der Waals surface area contributed by atoms with E-state index in [0.29, 0.717) is 38.5 Å². The van der Waals surface area contributed by atoms with Crippen LogP contribution in [0.2, 0.25) is 0 Å². The summed E-state index contributed by atoms with van der Waals surface area (Å²) in [5.41, 5.74) is -5.08. The van der Waals surface area contributed by atoms with E-state index < -0.39 is 144 Å². The molecule has 2 aliphatic heterocycles. The van der Waals surface area contributed by atoms with Crippen LogP contribution in [0.25, 0.3) is 0 Å². The Hall–Kier alpha value is -0.640. The summed E-state index contributed by atoms with van der Waals surface area (Å²) in [6.07, 6.45) is -15.1. The van der Waals surface area contributed by atoms with Crippen molar-refractivity contribution in [3.63, 3.8) is 0 Å². The molecule has 0 bridgehead atoms. The Morgan fingerprint density at radius 1 is 0.724 bits per heavy atom. The molecule has 0 spiro atoms. The zero-order valence-electron chi connectivity index (χ0n) is 35.5. The minimum atomic E-state index is -1.69. The first-order chi connectivity index (χ1) is 26.7. The number of aliphatic hydroxyl groups excluding tert-OH is 11. The smallest absolute Gasteiger partial charge is 0.187 e. The fourth-order valence-corrected chi connectivity index (χ4v) is 13.6. The third kappa shape index (κ3) is 7.43. The minimum Gasteiger partial charge on any atom is -0.394 e. The average molecular weight is 835 g/mol.